The average molecular weight is 316 g/mol. The van der Waals surface area contributed by atoms with Crippen LogP contribution >= 0.6 is 23.1 Å². The monoisotopic (exact) mass is 316 g/mol. The van der Waals surface area contributed by atoms with Gasteiger partial charge in [0.2, 0.25) is 0 Å². The highest BCUT2D eigenvalue weighted by molar-refractivity contribution is 8.01. The van der Waals surface area contributed by atoms with Crippen LogP contribution in [0, 0.1) is 6.92 Å². The fourth-order valence-electron chi connectivity index (χ4n) is 1.95. The molecule has 6 heteroatoms. The Balaban J connectivity index is 1.94. The quantitative estimate of drug-likeness (QED) is 0.578. The van der Waals surface area contributed by atoms with Crippen molar-refractivity contribution in [2.24, 2.45) is 0 Å². The first-order chi connectivity index (χ1) is 10.0. The summed E-state index contributed by atoms with van der Waals surface area (Å²) in [4.78, 5) is 13.7. The Morgan fingerprint density at radius 2 is 1.95 bits per heavy atom. The van der Waals surface area contributed by atoms with Crippen LogP contribution in [0.3, 0.4) is 0 Å². The summed E-state index contributed by atoms with van der Waals surface area (Å²) in [6.07, 6.45) is 0. The maximum atomic E-state index is 5.81. The molecule has 0 radical (unpaired) electrons. The predicted molar refractivity (Wildman–Crippen MR) is 89.0 cm³/mol. The summed E-state index contributed by atoms with van der Waals surface area (Å²) >= 11 is 3.13. The number of rotatable bonds is 3. The van der Waals surface area contributed by atoms with Gasteiger partial charge < -0.3 is 5.73 Å². The van der Waals surface area contributed by atoms with E-state index in [0.717, 1.165) is 36.8 Å². The van der Waals surface area contributed by atoms with Crippen molar-refractivity contribution in [3.8, 4) is 0 Å². The van der Waals surface area contributed by atoms with E-state index < -0.39 is 0 Å². The summed E-state index contributed by atoms with van der Waals surface area (Å²) in [7, 11) is 0. The van der Waals surface area contributed by atoms with Crippen LogP contribution in [0.2, 0.25) is 0 Å². The Labute approximate surface area is 131 Å². The van der Waals surface area contributed by atoms with Crippen LogP contribution < -0.4 is 5.73 Å². The van der Waals surface area contributed by atoms with Crippen molar-refractivity contribution in [1.82, 2.24) is 15.0 Å². The molecular weight excluding hydrogens is 300 g/mol. The first-order valence-electron chi connectivity index (χ1n) is 6.71. The van der Waals surface area contributed by atoms with E-state index in [9.17, 15) is 0 Å². The highest BCUT2D eigenvalue weighted by atomic mass is 32.2. The SMILES string of the molecule is Cc1cc(C(C)C)nc(Sc2nc3ccc(N)cc3s2)n1. The number of thiazole rings is 1. The van der Waals surface area contributed by atoms with Crippen molar-refractivity contribution in [1.29, 1.82) is 0 Å². The number of hydrogen-bond acceptors (Lipinski definition) is 6. The van der Waals surface area contributed by atoms with Gasteiger partial charge in [0.05, 0.1) is 10.2 Å². The third-order valence-electron chi connectivity index (χ3n) is 3.02. The average Bonchev–Trinajstić information content (AvgIpc) is 2.79. The highest BCUT2D eigenvalue weighted by Gasteiger charge is 2.11. The van der Waals surface area contributed by atoms with E-state index in [1.54, 1.807) is 11.3 Å². The Morgan fingerprint density at radius 3 is 2.71 bits per heavy atom. The second kappa shape index (κ2) is 5.61. The second-order valence-corrected chi connectivity index (χ2v) is 7.43. The van der Waals surface area contributed by atoms with E-state index in [1.165, 1.54) is 11.8 Å². The molecule has 2 aromatic heterocycles. The van der Waals surface area contributed by atoms with Crippen molar-refractivity contribution in [3.05, 3.63) is 35.7 Å². The molecule has 0 saturated carbocycles. The zero-order chi connectivity index (χ0) is 15.0. The van der Waals surface area contributed by atoms with Crippen LogP contribution in [0.4, 0.5) is 5.69 Å². The first kappa shape index (κ1) is 14.3. The summed E-state index contributed by atoms with van der Waals surface area (Å²) in [6.45, 7) is 6.27. The van der Waals surface area contributed by atoms with E-state index >= 15 is 0 Å². The molecule has 2 N–H and O–H groups in total. The number of nitrogens with zero attached hydrogens (tertiary/aromatic N) is 3. The molecule has 2 heterocycles. The Hall–Kier alpha value is -1.66. The summed E-state index contributed by atoms with van der Waals surface area (Å²) in [5.74, 6) is 0.390. The molecule has 0 unspecified atom stereocenters. The van der Waals surface area contributed by atoms with Crippen molar-refractivity contribution in [3.63, 3.8) is 0 Å². The Bertz CT molecular complexity index is 795. The van der Waals surface area contributed by atoms with Gasteiger partial charge in [0.15, 0.2) is 9.50 Å². The lowest BCUT2D eigenvalue weighted by atomic mass is 10.1. The number of fused-ring (bicyclic) bond motifs is 1. The summed E-state index contributed by atoms with van der Waals surface area (Å²) in [5.41, 5.74) is 9.59. The molecule has 3 rings (SSSR count). The van der Waals surface area contributed by atoms with Crippen molar-refractivity contribution < 1.29 is 0 Å². The zero-order valence-corrected chi connectivity index (χ0v) is 13.8. The molecule has 0 aliphatic carbocycles. The molecule has 108 valence electrons. The van der Waals surface area contributed by atoms with Gasteiger partial charge in [0.25, 0.3) is 0 Å². The van der Waals surface area contributed by atoms with Crippen molar-refractivity contribution in [2.45, 2.75) is 36.2 Å². The van der Waals surface area contributed by atoms with Crippen LogP contribution in [0.1, 0.15) is 31.2 Å². The molecule has 0 bridgehead atoms. The van der Waals surface area contributed by atoms with Crippen molar-refractivity contribution >= 4 is 39.0 Å². The molecule has 4 nitrogen and oxygen atoms in total. The fraction of sp³-hybridized carbons (Fsp3) is 0.267. The molecular formula is C15H16N4S2. The molecule has 21 heavy (non-hydrogen) atoms. The number of hydrogen-bond donors (Lipinski definition) is 1. The minimum Gasteiger partial charge on any atom is -0.399 e. The largest absolute Gasteiger partial charge is 0.399 e. The molecule has 0 saturated heterocycles. The number of anilines is 1. The molecule has 1 aromatic carbocycles. The second-order valence-electron chi connectivity index (χ2n) is 5.18. The fourth-order valence-corrected chi connectivity index (χ4v) is 3.99. The van der Waals surface area contributed by atoms with Crippen LogP contribution in [0.15, 0.2) is 33.8 Å². The van der Waals surface area contributed by atoms with E-state index in [-0.39, 0.29) is 0 Å². The summed E-state index contributed by atoms with van der Waals surface area (Å²) < 4.78 is 2.03. The molecule has 0 spiro atoms. The smallest absolute Gasteiger partial charge is 0.195 e. The number of nitrogens with two attached hydrogens (primary N) is 1. The van der Waals surface area contributed by atoms with Gasteiger partial charge in [-0.2, -0.15) is 0 Å². The van der Waals surface area contributed by atoms with E-state index in [0.29, 0.717) is 5.92 Å². The van der Waals surface area contributed by atoms with Crippen LogP contribution in [-0.2, 0) is 0 Å². The number of aromatic nitrogens is 3. The van der Waals surface area contributed by atoms with Gasteiger partial charge in [-0.05, 0) is 48.9 Å². The normalized spacial score (nSPS) is 11.4. The molecule has 0 atom stereocenters. The van der Waals surface area contributed by atoms with E-state index in [1.807, 2.05) is 31.2 Å². The molecule has 0 aliphatic heterocycles. The maximum absolute atomic E-state index is 5.81. The summed E-state index contributed by atoms with van der Waals surface area (Å²) in [5, 5.41) is 0.755. The van der Waals surface area contributed by atoms with Gasteiger partial charge in [-0.1, -0.05) is 13.8 Å². The number of benzene rings is 1. The number of aryl methyl sites for hydroxylation is 1. The summed E-state index contributed by atoms with van der Waals surface area (Å²) in [6, 6.07) is 7.81. The van der Waals surface area contributed by atoms with Gasteiger partial charge in [-0.15, -0.1) is 11.3 Å². The molecule has 0 fully saturated rings. The van der Waals surface area contributed by atoms with E-state index in [4.69, 9.17) is 5.73 Å². The lowest BCUT2D eigenvalue weighted by molar-refractivity contribution is 0.769. The zero-order valence-electron chi connectivity index (χ0n) is 12.1. The molecule has 3 aromatic rings. The van der Waals surface area contributed by atoms with Crippen LogP contribution in [0.5, 0.6) is 0 Å². The topological polar surface area (TPSA) is 64.7 Å². The number of nitrogen functional groups attached to an aromatic ring is 1. The molecule has 0 amide bonds. The van der Waals surface area contributed by atoms with Crippen LogP contribution in [-0.4, -0.2) is 15.0 Å². The highest BCUT2D eigenvalue weighted by Crippen LogP contribution is 2.34. The lowest BCUT2D eigenvalue weighted by Gasteiger charge is -2.06. The Kier molecular flexibility index (Phi) is 3.82. The van der Waals surface area contributed by atoms with E-state index in [2.05, 4.69) is 28.8 Å². The maximum Gasteiger partial charge on any atom is 0.195 e. The van der Waals surface area contributed by atoms with Gasteiger partial charge in [0.1, 0.15) is 0 Å². The van der Waals surface area contributed by atoms with Gasteiger partial charge in [-0.3, -0.25) is 0 Å². The van der Waals surface area contributed by atoms with Gasteiger partial charge >= 0.3 is 0 Å². The minimum absolute atomic E-state index is 0.390. The third kappa shape index (κ3) is 3.16. The van der Waals surface area contributed by atoms with Gasteiger partial charge in [0, 0.05) is 17.1 Å². The molecule has 0 aliphatic rings. The predicted octanol–water partition coefficient (Wildman–Crippen LogP) is 4.25. The van der Waals surface area contributed by atoms with Gasteiger partial charge in [-0.25, -0.2) is 15.0 Å². The standard InChI is InChI=1S/C15H16N4S2/c1-8(2)12-6-9(3)17-14(18-12)21-15-19-11-5-4-10(16)7-13(11)20-15/h4-8H,16H2,1-3H3. The Morgan fingerprint density at radius 1 is 1.14 bits per heavy atom. The van der Waals surface area contributed by atoms with Crippen molar-refractivity contribution in [2.75, 3.05) is 5.73 Å². The lowest BCUT2D eigenvalue weighted by Crippen LogP contribution is -1.98. The third-order valence-corrected chi connectivity index (χ3v) is 4.96. The minimum atomic E-state index is 0.390. The first-order valence-corrected chi connectivity index (χ1v) is 8.34. The van der Waals surface area contributed by atoms with Crippen LogP contribution in [0.25, 0.3) is 10.2 Å².